The van der Waals surface area contributed by atoms with Crippen LogP contribution < -0.4 is 10.7 Å². The molecule has 0 aliphatic heterocycles. The Morgan fingerprint density at radius 2 is 1.60 bits per heavy atom. The van der Waals surface area contributed by atoms with Crippen LogP contribution in [-0.2, 0) is 4.79 Å². The van der Waals surface area contributed by atoms with E-state index in [4.69, 9.17) is 5.26 Å². The quantitative estimate of drug-likeness (QED) is 0.441. The maximum Gasteiger partial charge on any atom is 0.205 e. The number of Topliss-reactive ketones (excluding diaryl/α,β-unsaturated/α-hetero) is 1. The summed E-state index contributed by atoms with van der Waals surface area (Å²) >= 11 is 3.39. The lowest BCUT2D eigenvalue weighted by Crippen LogP contribution is -2.34. The van der Waals surface area contributed by atoms with E-state index in [0.717, 1.165) is 10.2 Å². The van der Waals surface area contributed by atoms with Crippen molar-refractivity contribution in [1.29, 1.82) is 5.26 Å². The van der Waals surface area contributed by atoms with Gasteiger partial charge in [0.05, 0.1) is 17.3 Å². The molecule has 0 unspecified atom stereocenters. The zero-order valence-electron chi connectivity index (χ0n) is 14.3. The molecule has 0 aliphatic rings. The Morgan fingerprint density at radius 3 is 2.12 bits per heavy atom. The largest absolute Gasteiger partial charge is 0.336 e. The number of amidine groups is 1. The Morgan fingerprint density at radius 1 is 1.04 bits per heavy atom. The van der Waals surface area contributed by atoms with Crippen LogP contribution in [0.4, 0.5) is 11.4 Å². The van der Waals surface area contributed by atoms with Crippen LogP contribution >= 0.6 is 15.9 Å². The normalized spacial score (nSPS) is 11.6. The Labute approximate surface area is 155 Å². The molecule has 0 saturated heterocycles. The summed E-state index contributed by atoms with van der Waals surface area (Å²) in [7, 11) is 0. The van der Waals surface area contributed by atoms with E-state index in [9.17, 15) is 4.79 Å². The second-order valence-corrected chi connectivity index (χ2v) is 7.39. The van der Waals surface area contributed by atoms with Gasteiger partial charge in [0.1, 0.15) is 0 Å². The molecule has 0 radical (unpaired) electrons. The van der Waals surface area contributed by atoms with E-state index in [1.807, 2.05) is 45.0 Å². The number of hydrazone groups is 1. The van der Waals surface area contributed by atoms with Gasteiger partial charge in [0, 0.05) is 15.6 Å². The number of nitrogens with one attached hydrogen (secondary N) is 2. The number of nitrogens with zero attached hydrogens (tertiary/aromatic N) is 2. The maximum atomic E-state index is 12.7. The van der Waals surface area contributed by atoms with E-state index < -0.39 is 5.41 Å². The smallest absolute Gasteiger partial charge is 0.205 e. The lowest BCUT2D eigenvalue weighted by atomic mass is 9.90. The van der Waals surface area contributed by atoms with Crippen LogP contribution in [0.1, 0.15) is 26.3 Å². The molecule has 0 bridgehead atoms. The molecule has 0 amide bonds. The average Bonchev–Trinajstić information content (AvgIpc) is 2.59. The highest BCUT2D eigenvalue weighted by atomic mass is 79.9. The minimum absolute atomic E-state index is 0.114. The molecule has 0 aromatic heterocycles. The number of hydrogen-bond donors (Lipinski definition) is 2. The van der Waals surface area contributed by atoms with Crippen LogP contribution in [0.3, 0.4) is 0 Å². The molecule has 0 spiro atoms. The highest BCUT2D eigenvalue weighted by molar-refractivity contribution is 9.10. The minimum Gasteiger partial charge on any atom is -0.336 e. The second-order valence-electron chi connectivity index (χ2n) is 6.47. The highest BCUT2D eigenvalue weighted by Gasteiger charge is 2.27. The first-order valence-corrected chi connectivity index (χ1v) is 8.50. The first kappa shape index (κ1) is 18.7. The van der Waals surface area contributed by atoms with Crippen molar-refractivity contribution in [2.75, 3.05) is 10.7 Å². The monoisotopic (exact) mass is 398 g/mol. The Bertz CT molecular complexity index is 812. The number of benzene rings is 2. The molecule has 0 saturated carbocycles. The third-order valence-electron chi connectivity index (χ3n) is 3.31. The Hall–Kier alpha value is -2.65. The maximum absolute atomic E-state index is 12.7. The fourth-order valence-electron chi connectivity index (χ4n) is 1.90. The number of rotatable bonds is 4. The third kappa shape index (κ3) is 5.44. The molecule has 6 heteroatoms. The standard InChI is InChI=1S/C19H19BrN4O/c1-19(2,3)17(25)18(22-15-10-6-14(20)7-11-15)24-23-16-8-4-13(12-21)5-9-16/h4-11,23H,1-3H3,(H,22,24). The van der Waals surface area contributed by atoms with Crippen molar-refractivity contribution >= 4 is 38.9 Å². The van der Waals surface area contributed by atoms with Crippen molar-refractivity contribution in [2.24, 2.45) is 10.5 Å². The van der Waals surface area contributed by atoms with Gasteiger partial charge in [0.2, 0.25) is 5.78 Å². The van der Waals surface area contributed by atoms with Gasteiger partial charge in [0.15, 0.2) is 5.84 Å². The van der Waals surface area contributed by atoms with Gasteiger partial charge in [-0.1, -0.05) is 36.7 Å². The molecular weight excluding hydrogens is 380 g/mol. The Kier molecular flexibility index (Phi) is 5.94. The molecule has 2 aromatic carbocycles. The summed E-state index contributed by atoms with van der Waals surface area (Å²) in [6.45, 7) is 5.53. The molecule has 2 N–H and O–H groups in total. The van der Waals surface area contributed by atoms with Gasteiger partial charge in [-0.3, -0.25) is 10.2 Å². The summed E-state index contributed by atoms with van der Waals surface area (Å²) in [5, 5.41) is 16.2. The summed E-state index contributed by atoms with van der Waals surface area (Å²) in [6.07, 6.45) is 0. The molecule has 128 valence electrons. The zero-order chi connectivity index (χ0) is 18.4. The number of anilines is 2. The highest BCUT2D eigenvalue weighted by Crippen LogP contribution is 2.19. The van der Waals surface area contributed by atoms with Gasteiger partial charge in [-0.2, -0.15) is 10.4 Å². The van der Waals surface area contributed by atoms with Crippen LogP contribution in [0, 0.1) is 16.7 Å². The number of carbonyl (C=O) groups is 1. The molecule has 0 atom stereocenters. The third-order valence-corrected chi connectivity index (χ3v) is 3.84. The van der Waals surface area contributed by atoms with Gasteiger partial charge >= 0.3 is 0 Å². The fourth-order valence-corrected chi connectivity index (χ4v) is 2.16. The van der Waals surface area contributed by atoms with Crippen LogP contribution in [-0.4, -0.2) is 11.6 Å². The SMILES string of the molecule is CC(C)(C)C(=O)/C(=N\Nc1ccc(C#N)cc1)Nc1ccc(Br)cc1. The summed E-state index contributed by atoms with van der Waals surface area (Å²) in [5.74, 6) is 0.107. The van der Waals surface area contributed by atoms with E-state index >= 15 is 0 Å². The van der Waals surface area contributed by atoms with Crippen LogP contribution in [0.2, 0.25) is 0 Å². The van der Waals surface area contributed by atoms with Crippen molar-refractivity contribution < 1.29 is 4.79 Å². The molecule has 0 fully saturated rings. The number of nitriles is 1. The first-order valence-electron chi connectivity index (χ1n) is 7.71. The van der Waals surface area contributed by atoms with Crippen molar-refractivity contribution in [1.82, 2.24) is 0 Å². The van der Waals surface area contributed by atoms with Crippen LogP contribution in [0.15, 0.2) is 58.1 Å². The topological polar surface area (TPSA) is 77.3 Å². The number of carbonyl (C=O) groups excluding carboxylic acids is 1. The molecular formula is C19H19BrN4O. The van der Waals surface area contributed by atoms with Gasteiger partial charge in [-0.25, -0.2) is 0 Å². The average molecular weight is 399 g/mol. The summed E-state index contributed by atoms with van der Waals surface area (Å²) < 4.78 is 0.953. The van der Waals surface area contributed by atoms with Gasteiger partial charge in [-0.15, -0.1) is 0 Å². The Balaban J connectivity index is 2.24. The number of ketones is 1. The van der Waals surface area contributed by atoms with E-state index in [2.05, 4.69) is 37.8 Å². The van der Waals surface area contributed by atoms with Gasteiger partial charge in [-0.05, 0) is 48.5 Å². The lowest BCUT2D eigenvalue weighted by molar-refractivity contribution is -0.119. The predicted octanol–water partition coefficient (Wildman–Crippen LogP) is 4.77. The number of halogens is 1. The molecule has 0 aliphatic carbocycles. The van der Waals surface area contributed by atoms with E-state index in [1.165, 1.54) is 0 Å². The van der Waals surface area contributed by atoms with E-state index in [0.29, 0.717) is 11.3 Å². The van der Waals surface area contributed by atoms with Crippen LogP contribution in [0.5, 0.6) is 0 Å². The lowest BCUT2D eigenvalue weighted by Gasteiger charge is -2.19. The van der Waals surface area contributed by atoms with Crippen molar-refractivity contribution in [2.45, 2.75) is 20.8 Å². The summed E-state index contributed by atoms with van der Waals surface area (Å²) in [4.78, 5) is 12.7. The second kappa shape index (κ2) is 7.95. The minimum atomic E-state index is -0.576. The zero-order valence-corrected chi connectivity index (χ0v) is 15.9. The fraction of sp³-hybridized carbons (Fsp3) is 0.211. The summed E-state index contributed by atoms with van der Waals surface area (Å²) in [5.41, 5.74) is 4.31. The summed E-state index contributed by atoms with van der Waals surface area (Å²) in [6, 6.07) is 16.4. The number of hydrogen-bond acceptors (Lipinski definition) is 4. The predicted molar refractivity (Wildman–Crippen MR) is 104 cm³/mol. The molecule has 0 heterocycles. The van der Waals surface area contributed by atoms with E-state index in [-0.39, 0.29) is 11.6 Å². The molecule has 5 nitrogen and oxygen atoms in total. The van der Waals surface area contributed by atoms with Crippen LogP contribution in [0.25, 0.3) is 0 Å². The van der Waals surface area contributed by atoms with Crippen molar-refractivity contribution in [3.63, 3.8) is 0 Å². The van der Waals surface area contributed by atoms with Crippen molar-refractivity contribution in [3.05, 3.63) is 58.6 Å². The van der Waals surface area contributed by atoms with E-state index in [1.54, 1.807) is 24.3 Å². The molecule has 25 heavy (non-hydrogen) atoms. The van der Waals surface area contributed by atoms with Crippen molar-refractivity contribution in [3.8, 4) is 6.07 Å². The van der Waals surface area contributed by atoms with Gasteiger partial charge < -0.3 is 5.32 Å². The first-order chi connectivity index (χ1) is 11.8. The molecule has 2 rings (SSSR count). The molecule has 2 aromatic rings. The van der Waals surface area contributed by atoms with Gasteiger partial charge in [0.25, 0.3) is 0 Å².